The maximum atomic E-state index is 13.8. The molecule has 10 heteroatoms. The molecule has 0 aliphatic carbocycles. The van der Waals surface area contributed by atoms with E-state index in [1.807, 2.05) is 18.2 Å². The molecule has 1 aliphatic heterocycles. The van der Waals surface area contributed by atoms with Crippen molar-refractivity contribution in [2.45, 2.75) is 48.3 Å². The molecule has 1 aliphatic rings. The first kappa shape index (κ1) is 25.3. The average molecular weight is 490 g/mol. The molecular formula is C23H24F5NO3S. The predicted molar refractivity (Wildman–Crippen MR) is 115 cm³/mol. The van der Waals surface area contributed by atoms with E-state index in [0.717, 1.165) is 16.0 Å². The molecule has 180 valence electrons. The minimum absolute atomic E-state index is 0.106. The van der Waals surface area contributed by atoms with Crippen LogP contribution in [0.1, 0.15) is 36.9 Å². The van der Waals surface area contributed by atoms with E-state index in [0.29, 0.717) is 11.5 Å². The Hall–Kier alpha value is -2.33. The van der Waals surface area contributed by atoms with E-state index in [4.69, 9.17) is 9.47 Å². The number of Topliss-reactive ketones (excluding diaryl/α,β-unsaturated/α-hetero) is 1. The summed E-state index contributed by atoms with van der Waals surface area (Å²) in [5.41, 5.74) is 0.201. The van der Waals surface area contributed by atoms with Crippen molar-refractivity contribution in [3.8, 4) is 11.5 Å². The van der Waals surface area contributed by atoms with Gasteiger partial charge in [0.05, 0.1) is 20.3 Å². The van der Waals surface area contributed by atoms with Crippen LogP contribution < -0.4 is 14.8 Å². The van der Waals surface area contributed by atoms with Crippen LogP contribution >= 0.6 is 11.8 Å². The number of ketones is 1. The summed E-state index contributed by atoms with van der Waals surface area (Å²) in [4.78, 5) is 13.0. The molecule has 1 N–H and O–H groups in total. The van der Waals surface area contributed by atoms with Crippen molar-refractivity contribution in [3.63, 3.8) is 0 Å². The lowest BCUT2D eigenvalue weighted by molar-refractivity contribution is -0.269. The second-order valence-corrected chi connectivity index (χ2v) is 8.84. The lowest BCUT2D eigenvalue weighted by Crippen LogP contribution is -2.54. The third kappa shape index (κ3) is 4.96. The Morgan fingerprint density at radius 3 is 2.24 bits per heavy atom. The second-order valence-electron chi connectivity index (χ2n) is 7.83. The van der Waals surface area contributed by atoms with Crippen molar-refractivity contribution in [2.75, 3.05) is 20.0 Å². The number of fused-ring (bicyclic) bond motifs is 1. The molecule has 1 heterocycles. The first-order chi connectivity index (χ1) is 15.5. The Kier molecular flexibility index (Phi) is 7.28. The zero-order valence-corrected chi connectivity index (χ0v) is 19.1. The van der Waals surface area contributed by atoms with Gasteiger partial charge >= 0.3 is 12.1 Å². The summed E-state index contributed by atoms with van der Waals surface area (Å²) in [5, 5.41) is 3.26. The topological polar surface area (TPSA) is 47.6 Å². The van der Waals surface area contributed by atoms with E-state index in [1.165, 1.54) is 26.0 Å². The van der Waals surface area contributed by atoms with Gasteiger partial charge < -0.3 is 9.47 Å². The third-order valence-electron chi connectivity index (χ3n) is 5.80. The van der Waals surface area contributed by atoms with E-state index in [-0.39, 0.29) is 12.2 Å². The molecule has 0 amide bonds. The number of ether oxygens (including phenoxy) is 2. The van der Waals surface area contributed by atoms with Gasteiger partial charge in [-0.2, -0.15) is 22.0 Å². The lowest BCUT2D eigenvalue weighted by Gasteiger charge is -2.36. The quantitative estimate of drug-likeness (QED) is 0.499. The number of halogens is 5. The highest BCUT2D eigenvalue weighted by Gasteiger charge is 2.63. The first-order valence-electron chi connectivity index (χ1n) is 10.2. The molecule has 2 atom stereocenters. The van der Waals surface area contributed by atoms with Gasteiger partial charge in [0.1, 0.15) is 0 Å². The number of alkyl halides is 5. The molecule has 3 rings (SSSR count). The van der Waals surface area contributed by atoms with Crippen LogP contribution in [-0.4, -0.2) is 43.4 Å². The van der Waals surface area contributed by atoms with E-state index >= 15 is 0 Å². The van der Waals surface area contributed by atoms with Gasteiger partial charge in [0.2, 0.25) is 5.78 Å². The molecular weight excluding hydrogens is 465 g/mol. The van der Waals surface area contributed by atoms with Crippen molar-refractivity contribution < 1.29 is 36.2 Å². The summed E-state index contributed by atoms with van der Waals surface area (Å²) in [5.74, 6) is -6.56. The Morgan fingerprint density at radius 2 is 1.70 bits per heavy atom. The molecule has 0 saturated heterocycles. The van der Waals surface area contributed by atoms with Gasteiger partial charge in [-0.3, -0.25) is 10.1 Å². The Morgan fingerprint density at radius 1 is 1.09 bits per heavy atom. The molecule has 0 bridgehead atoms. The highest BCUT2D eigenvalue weighted by Crippen LogP contribution is 2.46. The van der Waals surface area contributed by atoms with Crippen LogP contribution in [0, 0.1) is 0 Å². The Balaban J connectivity index is 2.09. The van der Waals surface area contributed by atoms with Crippen LogP contribution in [-0.2, 0) is 4.79 Å². The number of rotatable bonds is 7. The number of hydrogen-bond acceptors (Lipinski definition) is 5. The van der Waals surface area contributed by atoms with Gasteiger partial charge in [-0.05, 0) is 29.7 Å². The van der Waals surface area contributed by atoms with Gasteiger partial charge in [-0.15, -0.1) is 11.8 Å². The van der Waals surface area contributed by atoms with Gasteiger partial charge in [0.15, 0.2) is 11.5 Å². The lowest BCUT2D eigenvalue weighted by atomic mass is 9.86. The third-order valence-corrected chi connectivity index (χ3v) is 7.16. The molecule has 2 aromatic rings. The van der Waals surface area contributed by atoms with Crippen molar-refractivity contribution in [2.24, 2.45) is 0 Å². The molecule has 2 aromatic carbocycles. The van der Waals surface area contributed by atoms with E-state index in [2.05, 4.69) is 5.32 Å². The normalized spacial score (nSPS) is 21.2. The molecule has 0 aromatic heterocycles. The largest absolute Gasteiger partial charge is 0.493 e. The molecule has 4 nitrogen and oxygen atoms in total. The molecule has 0 radical (unpaired) electrons. The fourth-order valence-electron chi connectivity index (χ4n) is 3.78. The predicted octanol–water partition coefficient (Wildman–Crippen LogP) is 5.79. The molecule has 0 spiro atoms. The Labute approximate surface area is 192 Å². The van der Waals surface area contributed by atoms with Crippen LogP contribution in [0.3, 0.4) is 0 Å². The summed E-state index contributed by atoms with van der Waals surface area (Å²) in [7, 11) is 2.96. The smallest absolute Gasteiger partial charge is 0.461 e. The maximum Gasteiger partial charge on any atom is 0.461 e. The van der Waals surface area contributed by atoms with E-state index in [9.17, 15) is 26.7 Å². The average Bonchev–Trinajstić information content (AvgIpc) is 2.95. The number of carbonyl (C=O) groups excluding carboxylic acids is 1. The number of carbonyl (C=O) groups is 1. The van der Waals surface area contributed by atoms with E-state index < -0.39 is 35.9 Å². The SMILES string of the molecule is CCC1(CC(=O)C(F)(F)C(F)(F)F)CSc2cc(OC)c(OC)cc2C(c2ccccc2)N1. The van der Waals surface area contributed by atoms with Crippen LogP contribution in [0.5, 0.6) is 11.5 Å². The zero-order chi connectivity index (χ0) is 24.4. The van der Waals surface area contributed by atoms with E-state index in [1.54, 1.807) is 31.2 Å². The van der Waals surface area contributed by atoms with Crippen LogP contribution in [0.15, 0.2) is 47.4 Å². The first-order valence-corrected chi connectivity index (χ1v) is 11.2. The number of nitrogens with one attached hydrogen (secondary N) is 1. The molecule has 0 fully saturated rings. The van der Waals surface area contributed by atoms with Gasteiger partial charge in [0.25, 0.3) is 0 Å². The summed E-state index contributed by atoms with van der Waals surface area (Å²) < 4.78 is 77.0. The number of benzene rings is 2. The van der Waals surface area contributed by atoms with Crippen LogP contribution in [0.4, 0.5) is 22.0 Å². The molecule has 33 heavy (non-hydrogen) atoms. The molecule has 2 unspecified atom stereocenters. The van der Waals surface area contributed by atoms with Gasteiger partial charge in [0, 0.05) is 22.6 Å². The minimum Gasteiger partial charge on any atom is -0.493 e. The minimum atomic E-state index is -5.95. The number of methoxy groups -OCH3 is 2. The summed E-state index contributed by atoms with van der Waals surface area (Å²) in [6.07, 6.45) is -6.76. The summed E-state index contributed by atoms with van der Waals surface area (Å²) >= 11 is 1.27. The fraction of sp³-hybridized carbons (Fsp3) is 0.435. The fourth-order valence-corrected chi connectivity index (χ4v) is 5.14. The Bertz CT molecular complexity index is 1000. The van der Waals surface area contributed by atoms with Gasteiger partial charge in [-0.1, -0.05) is 37.3 Å². The number of hydrogen-bond donors (Lipinski definition) is 1. The highest BCUT2D eigenvalue weighted by atomic mass is 32.2. The standard InChI is InChI=1S/C23H24F5NO3S/c1-4-21(12-19(30)22(24,25)23(26,27)28)13-33-18-11-17(32-3)16(31-2)10-15(18)20(29-21)14-8-6-5-7-9-14/h5-11,20,29H,4,12-13H2,1-3H3. The summed E-state index contributed by atoms with van der Waals surface area (Å²) in [6.45, 7) is 1.66. The number of thioether (sulfide) groups is 1. The van der Waals surface area contributed by atoms with Crippen LogP contribution in [0.25, 0.3) is 0 Å². The van der Waals surface area contributed by atoms with Crippen molar-refractivity contribution in [3.05, 3.63) is 53.6 Å². The van der Waals surface area contributed by atoms with Crippen LogP contribution in [0.2, 0.25) is 0 Å². The van der Waals surface area contributed by atoms with Crippen molar-refractivity contribution in [1.29, 1.82) is 0 Å². The zero-order valence-electron chi connectivity index (χ0n) is 18.3. The highest BCUT2D eigenvalue weighted by molar-refractivity contribution is 7.99. The van der Waals surface area contributed by atoms with Gasteiger partial charge in [-0.25, -0.2) is 0 Å². The maximum absolute atomic E-state index is 13.8. The molecule has 0 saturated carbocycles. The second kappa shape index (κ2) is 9.50. The monoisotopic (exact) mass is 489 g/mol. The summed E-state index contributed by atoms with van der Waals surface area (Å²) in [6, 6.07) is 12.0. The van der Waals surface area contributed by atoms with Crippen molar-refractivity contribution >= 4 is 17.5 Å². The van der Waals surface area contributed by atoms with Crippen molar-refractivity contribution in [1.82, 2.24) is 5.32 Å².